The Kier molecular flexibility index (Phi) is 6.96. The fourth-order valence-electron chi connectivity index (χ4n) is 6.90. The van der Waals surface area contributed by atoms with Crippen LogP contribution < -0.4 is 5.32 Å². The Morgan fingerprint density at radius 1 is 0.739 bits per heavy atom. The van der Waals surface area contributed by atoms with Gasteiger partial charge in [-0.05, 0) is 75.4 Å². The van der Waals surface area contributed by atoms with Gasteiger partial charge in [0.1, 0.15) is 0 Å². The SMILES string of the molecule is C=C/C(=C\C=C/C)c1ccc2c3c4ccccc4c(-c4ccccc4)cc3n(-c3ccc4c(c3)NC(c3ccccc3)C=C4)c2c1. The van der Waals surface area contributed by atoms with Gasteiger partial charge in [0.05, 0.1) is 17.1 Å². The van der Waals surface area contributed by atoms with Crippen molar-refractivity contribution in [1.29, 1.82) is 0 Å². The van der Waals surface area contributed by atoms with E-state index in [1.165, 1.54) is 54.8 Å². The number of nitrogens with zero attached hydrogens (tertiary/aromatic N) is 1. The van der Waals surface area contributed by atoms with Crippen LogP contribution in [-0.2, 0) is 0 Å². The summed E-state index contributed by atoms with van der Waals surface area (Å²) in [5.74, 6) is 0. The molecule has 1 N–H and O–H groups in total. The summed E-state index contributed by atoms with van der Waals surface area (Å²) in [4.78, 5) is 0. The van der Waals surface area contributed by atoms with Gasteiger partial charge in [0.2, 0.25) is 0 Å². The molecule has 6 aromatic carbocycles. The lowest BCUT2D eigenvalue weighted by Crippen LogP contribution is -2.12. The molecule has 7 aromatic rings. The van der Waals surface area contributed by atoms with E-state index in [0.29, 0.717) is 0 Å². The van der Waals surface area contributed by atoms with Crippen LogP contribution in [0.5, 0.6) is 0 Å². The van der Waals surface area contributed by atoms with Gasteiger partial charge in [-0.25, -0.2) is 0 Å². The summed E-state index contributed by atoms with van der Waals surface area (Å²) in [7, 11) is 0. The highest BCUT2D eigenvalue weighted by Crippen LogP contribution is 2.43. The molecule has 1 unspecified atom stereocenters. The number of hydrogen-bond donors (Lipinski definition) is 1. The molecule has 0 bridgehead atoms. The zero-order valence-electron chi connectivity index (χ0n) is 25.8. The van der Waals surface area contributed by atoms with E-state index in [1.807, 2.05) is 19.1 Å². The minimum atomic E-state index is 0.120. The van der Waals surface area contributed by atoms with Gasteiger partial charge in [-0.3, -0.25) is 0 Å². The van der Waals surface area contributed by atoms with Crippen LogP contribution in [0.25, 0.3) is 61.0 Å². The molecule has 0 spiro atoms. The van der Waals surface area contributed by atoms with E-state index >= 15 is 0 Å². The number of benzene rings is 6. The van der Waals surface area contributed by atoms with Crippen LogP contribution in [0, 0.1) is 0 Å². The smallest absolute Gasteiger partial charge is 0.0701 e. The molecule has 0 saturated heterocycles. The van der Waals surface area contributed by atoms with E-state index < -0.39 is 0 Å². The Labute approximate surface area is 270 Å². The van der Waals surface area contributed by atoms with Gasteiger partial charge >= 0.3 is 0 Å². The van der Waals surface area contributed by atoms with Gasteiger partial charge in [-0.1, -0.05) is 146 Å². The predicted molar refractivity (Wildman–Crippen MR) is 199 cm³/mol. The van der Waals surface area contributed by atoms with Crippen molar-refractivity contribution in [2.45, 2.75) is 13.0 Å². The number of allylic oxidation sites excluding steroid dienone is 5. The molecule has 46 heavy (non-hydrogen) atoms. The summed E-state index contributed by atoms with van der Waals surface area (Å²) < 4.78 is 2.45. The quantitative estimate of drug-likeness (QED) is 0.191. The van der Waals surface area contributed by atoms with Crippen molar-refractivity contribution in [2.75, 3.05) is 5.32 Å². The van der Waals surface area contributed by atoms with Crippen LogP contribution in [0.4, 0.5) is 5.69 Å². The van der Waals surface area contributed by atoms with Crippen LogP contribution in [0.15, 0.2) is 164 Å². The maximum Gasteiger partial charge on any atom is 0.0701 e. The largest absolute Gasteiger partial charge is 0.374 e. The van der Waals surface area contributed by atoms with E-state index in [-0.39, 0.29) is 6.04 Å². The van der Waals surface area contributed by atoms with Crippen LogP contribution in [0.3, 0.4) is 0 Å². The standard InChI is InChI=1S/C44H34N2/c1-3-5-14-30(4-2)34-22-25-38-42(27-34)46(35-24-21-33-23-26-40(45-41(33)28-35)32-17-10-7-11-18-32)43-29-39(31-15-8-6-9-16-31)36-19-12-13-20-37(36)44(38)43/h3-29,40,45H,2H2,1H3/b5-3-,30-14+. The van der Waals surface area contributed by atoms with Crippen molar-refractivity contribution in [1.82, 2.24) is 4.57 Å². The van der Waals surface area contributed by atoms with Crippen molar-refractivity contribution < 1.29 is 0 Å². The average molecular weight is 591 g/mol. The monoisotopic (exact) mass is 590 g/mol. The molecule has 8 rings (SSSR count). The Morgan fingerprint density at radius 2 is 1.50 bits per heavy atom. The Morgan fingerprint density at radius 3 is 2.28 bits per heavy atom. The normalized spacial score (nSPS) is 14.6. The Hall–Kier alpha value is -5.86. The van der Waals surface area contributed by atoms with E-state index in [0.717, 1.165) is 22.5 Å². The fraction of sp³-hybridized carbons (Fsp3) is 0.0455. The summed E-state index contributed by atoms with van der Waals surface area (Å²) in [5, 5.41) is 8.82. The first-order chi connectivity index (χ1) is 22.7. The molecule has 0 saturated carbocycles. The minimum absolute atomic E-state index is 0.120. The van der Waals surface area contributed by atoms with Crippen molar-refractivity contribution in [3.05, 3.63) is 181 Å². The minimum Gasteiger partial charge on any atom is -0.374 e. The molecular formula is C44H34N2. The number of nitrogens with one attached hydrogen (secondary N) is 1. The van der Waals surface area contributed by atoms with E-state index in [2.05, 4.69) is 168 Å². The summed E-state index contributed by atoms with van der Waals surface area (Å²) in [5.41, 5.74) is 11.7. The number of hydrogen-bond acceptors (Lipinski definition) is 1. The predicted octanol–water partition coefficient (Wildman–Crippen LogP) is 11.9. The van der Waals surface area contributed by atoms with E-state index in [1.54, 1.807) is 0 Å². The molecule has 0 aliphatic carbocycles. The third kappa shape index (κ3) is 4.67. The molecular weight excluding hydrogens is 556 g/mol. The molecule has 2 nitrogen and oxygen atoms in total. The van der Waals surface area contributed by atoms with Gasteiger partial charge in [0, 0.05) is 22.1 Å². The second-order valence-electron chi connectivity index (χ2n) is 11.8. The molecule has 1 aromatic heterocycles. The zero-order chi connectivity index (χ0) is 31.0. The molecule has 0 amide bonds. The van der Waals surface area contributed by atoms with E-state index in [4.69, 9.17) is 0 Å². The number of rotatable bonds is 6. The molecule has 1 aliphatic heterocycles. The van der Waals surface area contributed by atoms with Gasteiger partial charge in [-0.15, -0.1) is 0 Å². The highest BCUT2D eigenvalue weighted by molar-refractivity contribution is 6.24. The van der Waals surface area contributed by atoms with Crippen LogP contribution in [0.1, 0.15) is 29.7 Å². The summed E-state index contributed by atoms with van der Waals surface area (Å²) in [6, 6.07) is 46.3. The molecule has 0 fully saturated rings. The van der Waals surface area contributed by atoms with Crippen molar-refractivity contribution in [3.8, 4) is 16.8 Å². The first-order valence-electron chi connectivity index (χ1n) is 15.9. The molecule has 2 heterocycles. The number of aromatic nitrogens is 1. The van der Waals surface area contributed by atoms with Crippen LogP contribution >= 0.6 is 0 Å². The topological polar surface area (TPSA) is 17.0 Å². The fourth-order valence-corrected chi connectivity index (χ4v) is 6.90. The van der Waals surface area contributed by atoms with Gasteiger partial charge < -0.3 is 9.88 Å². The number of fused-ring (bicyclic) bond motifs is 6. The molecule has 1 atom stereocenters. The average Bonchev–Trinajstić information content (AvgIpc) is 3.45. The second kappa shape index (κ2) is 11.6. The third-order valence-electron chi connectivity index (χ3n) is 9.11. The molecule has 0 radical (unpaired) electrons. The third-order valence-corrected chi connectivity index (χ3v) is 9.11. The van der Waals surface area contributed by atoms with Crippen LogP contribution in [-0.4, -0.2) is 4.57 Å². The van der Waals surface area contributed by atoms with Crippen molar-refractivity contribution >= 4 is 49.9 Å². The maximum absolute atomic E-state index is 4.14. The van der Waals surface area contributed by atoms with Crippen LogP contribution in [0.2, 0.25) is 0 Å². The van der Waals surface area contributed by atoms with Gasteiger partial charge in [-0.2, -0.15) is 0 Å². The maximum atomic E-state index is 4.14. The summed E-state index contributed by atoms with van der Waals surface area (Å²) in [6.07, 6.45) is 12.7. The lowest BCUT2D eigenvalue weighted by molar-refractivity contribution is 0.977. The van der Waals surface area contributed by atoms with Gasteiger partial charge in [0.25, 0.3) is 0 Å². The van der Waals surface area contributed by atoms with Crippen molar-refractivity contribution in [2.24, 2.45) is 0 Å². The highest BCUT2D eigenvalue weighted by atomic mass is 15.0. The number of anilines is 1. The zero-order valence-corrected chi connectivity index (χ0v) is 25.8. The lowest BCUT2D eigenvalue weighted by Gasteiger charge is -2.24. The Balaban J connectivity index is 1.42. The van der Waals surface area contributed by atoms with E-state index in [9.17, 15) is 0 Å². The lowest BCUT2D eigenvalue weighted by atomic mass is 9.94. The van der Waals surface area contributed by atoms with Gasteiger partial charge in [0.15, 0.2) is 0 Å². The summed E-state index contributed by atoms with van der Waals surface area (Å²) >= 11 is 0. The first-order valence-corrected chi connectivity index (χ1v) is 15.9. The first kappa shape index (κ1) is 27.7. The molecule has 1 aliphatic rings. The molecule has 2 heteroatoms. The summed E-state index contributed by atoms with van der Waals surface area (Å²) in [6.45, 7) is 6.17. The Bertz CT molecular complexity index is 2350. The van der Waals surface area contributed by atoms with Crippen molar-refractivity contribution in [3.63, 3.8) is 0 Å². The highest BCUT2D eigenvalue weighted by Gasteiger charge is 2.20. The molecule has 220 valence electrons. The second-order valence-corrected chi connectivity index (χ2v) is 11.8.